The number of para-hydroxylation sites is 1. The Balaban J connectivity index is 1.26. The van der Waals surface area contributed by atoms with E-state index in [4.69, 9.17) is 18.9 Å². The number of amides is 1. The van der Waals surface area contributed by atoms with E-state index in [0.29, 0.717) is 24.5 Å². The third kappa shape index (κ3) is 3.71. The van der Waals surface area contributed by atoms with Crippen molar-refractivity contribution < 1.29 is 23.7 Å². The van der Waals surface area contributed by atoms with Crippen LogP contribution in [0.2, 0.25) is 0 Å². The van der Waals surface area contributed by atoms with Gasteiger partial charge in [-0.2, -0.15) is 0 Å². The van der Waals surface area contributed by atoms with E-state index in [9.17, 15) is 4.79 Å². The minimum absolute atomic E-state index is 0.0411. The van der Waals surface area contributed by atoms with E-state index in [0.717, 1.165) is 39.1 Å². The second kappa shape index (κ2) is 8.09. The number of aromatic nitrogens is 1. The second-order valence-corrected chi connectivity index (χ2v) is 8.12. The molecule has 166 valence electrons. The van der Waals surface area contributed by atoms with E-state index in [-0.39, 0.29) is 25.4 Å². The maximum absolute atomic E-state index is 13.1. The average molecular weight is 442 g/mol. The molecule has 0 radical (unpaired) electrons. The zero-order chi connectivity index (χ0) is 22.2. The Labute approximate surface area is 190 Å². The summed E-state index contributed by atoms with van der Waals surface area (Å²) in [6, 6.07) is 19.7. The second-order valence-electron chi connectivity index (χ2n) is 8.12. The zero-order valence-corrected chi connectivity index (χ0v) is 17.8. The molecular weight excluding hydrogens is 420 g/mol. The predicted octanol–water partition coefficient (Wildman–Crippen LogP) is 4.46. The number of hydrogen-bond acceptors (Lipinski definition) is 5. The number of carbonyl (C=O) groups is 1. The lowest BCUT2D eigenvalue weighted by molar-refractivity contribution is -0.121. The first-order valence-electron chi connectivity index (χ1n) is 10.9. The van der Waals surface area contributed by atoms with Gasteiger partial charge in [0.25, 0.3) is 0 Å². The van der Waals surface area contributed by atoms with Gasteiger partial charge in [-0.05, 0) is 47.0 Å². The summed E-state index contributed by atoms with van der Waals surface area (Å²) in [5, 5.41) is 4.15. The number of ether oxygens (including phenoxy) is 4. The topological polar surface area (TPSA) is 81.8 Å². The number of hydrogen-bond donors (Lipinski definition) is 2. The first kappa shape index (κ1) is 19.5. The van der Waals surface area contributed by atoms with Crippen LogP contribution in [0.15, 0.2) is 66.9 Å². The Morgan fingerprint density at radius 2 is 1.61 bits per heavy atom. The minimum Gasteiger partial charge on any atom is -0.454 e. The molecule has 6 rings (SSSR count). The molecule has 7 nitrogen and oxygen atoms in total. The van der Waals surface area contributed by atoms with Gasteiger partial charge in [0.05, 0.1) is 0 Å². The van der Waals surface area contributed by atoms with Crippen LogP contribution in [-0.2, 0) is 11.3 Å². The van der Waals surface area contributed by atoms with Crippen LogP contribution < -0.4 is 24.3 Å². The number of benzene rings is 3. The lowest BCUT2D eigenvalue weighted by Crippen LogP contribution is -2.25. The highest BCUT2D eigenvalue weighted by Crippen LogP contribution is 2.39. The molecule has 1 amide bonds. The van der Waals surface area contributed by atoms with E-state index in [1.807, 2.05) is 60.8 Å². The van der Waals surface area contributed by atoms with Crippen molar-refractivity contribution in [3.05, 3.63) is 83.6 Å². The highest BCUT2D eigenvalue weighted by molar-refractivity contribution is 5.86. The summed E-state index contributed by atoms with van der Waals surface area (Å²) in [4.78, 5) is 16.4. The van der Waals surface area contributed by atoms with Crippen molar-refractivity contribution in [3.8, 4) is 23.0 Å². The van der Waals surface area contributed by atoms with Gasteiger partial charge in [-0.15, -0.1) is 0 Å². The highest BCUT2D eigenvalue weighted by atomic mass is 16.7. The first-order valence-corrected chi connectivity index (χ1v) is 10.9. The van der Waals surface area contributed by atoms with Gasteiger partial charge in [-0.1, -0.05) is 30.3 Å². The zero-order valence-electron chi connectivity index (χ0n) is 17.8. The van der Waals surface area contributed by atoms with Crippen molar-refractivity contribution in [2.75, 3.05) is 13.6 Å². The third-order valence-electron chi connectivity index (χ3n) is 6.11. The molecule has 0 unspecified atom stereocenters. The Morgan fingerprint density at radius 1 is 0.879 bits per heavy atom. The summed E-state index contributed by atoms with van der Waals surface area (Å²) in [6.45, 7) is 0.858. The Kier molecular flexibility index (Phi) is 4.79. The lowest BCUT2D eigenvalue weighted by atomic mass is 9.87. The van der Waals surface area contributed by atoms with Crippen molar-refractivity contribution in [2.24, 2.45) is 0 Å². The van der Waals surface area contributed by atoms with E-state index >= 15 is 0 Å². The molecule has 1 aromatic heterocycles. The molecule has 0 fully saturated rings. The van der Waals surface area contributed by atoms with E-state index in [1.54, 1.807) is 0 Å². The van der Waals surface area contributed by atoms with Crippen LogP contribution in [0.4, 0.5) is 0 Å². The fraction of sp³-hybridized carbons (Fsp3) is 0.192. The molecule has 0 spiro atoms. The molecule has 0 saturated carbocycles. The molecule has 2 N–H and O–H groups in total. The minimum atomic E-state index is -0.146. The van der Waals surface area contributed by atoms with E-state index < -0.39 is 0 Å². The molecule has 33 heavy (non-hydrogen) atoms. The van der Waals surface area contributed by atoms with Gasteiger partial charge in [0, 0.05) is 36.0 Å². The van der Waals surface area contributed by atoms with Crippen molar-refractivity contribution in [1.82, 2.24) is 10.3 Å². The fourth-order valence-electron chi connectivity index (χ4n) is 4.43. The number of rotatable bonds is 6. The molecule has 2 aliphatic rings. The van der Waals surface area contributed by atoms with Gasteiger partial charge in [-0.25, -0.2) is 0 Å². The number of nitrogens with one attached hydrogen (secondary N) is 2. The van der Waals surface area contributed by atoms with Gasteiger partial charge in [-0.3, -0.25) is 4.79 Å². The van der Waals surface area contributed by atoms with Gasteiger partial charge in [0.2, 0.25) is 19.5 Å². The van der Waals surface area contributed by atoms with Crippen LogP contribution in [0.25, 0.3) is 10.9 Å². The van der Waals surface area contributed by atoms with Crippen LogP contribution in [0, 0.1) is 0 Å². The van der Waals surface area contributed by atoms with Crippen molar-refractivity contribution in [3.63, 3.8) is 0 Å². The number of H-pyrrole nitrogens is 1. The molecule has 0 aliphatic carbocycles. The van der Waals surface area contributed by atoms with Crippen molar-refractivity contribution >= 4 is 16.8 Å². The van der Waals surface area contributed by atoms with Gasteiger partial charge in [0.1, 0.15) is 0 Å². The van der Waals surface area contributed by atoms with Crippen LogP contribution in [-0.4, -0.2) is 24.5 Å². The molecule has 0 saturated heterocycles. The fourth-order valence-corrected chi connectivity index (χ4v) is 4.43. The Bertz CT molecular complexity index is 1350. The molecular formula is C26H22N2O5. The highest BCUT2D eigenvalue weighted by Gasteiger charge is 2.24. The molecule has 2 aliphatic heterocycles. The summed E-state index contributed by atoms with van der Waals surface area (Å²) in [7, 11) is 0. The van der Waals surface area contributed by atoms with Crippen LogP contribution in [0.1, 0.15) is 29.0 Å². The van der Waals surface area contributed by atoms with Gasteiger partial charge < -0.3 is 29.2 Å². The molecule has 1 atom stereocenters. The quantitative estimate of drug-likeness (QED) is 0.461. The maximum atomic E-state index is 13.1. The lowest BCUT2D eigenvalue weighted by Gasteiger charge is -2.18. The normalized spacial score (nSPS) is 14.4. The molecule has 3 aromatic carbocycles. The number of carbonyl (C=O) groups excluding carboxylic acids is 1. The van der Waals surface area contributed by atoms with E-state index in [2.05, 4.69) is 16.4 Å². The SMILES string of the molecule is O=C(C[C@@H](c1ccc2c(c1)OCO2)c1c[nH]c2ccccc12)NCc1ccc2c(c1)OCO2. The largest absolute Gasteiger partial charge is 0.454 e. The van der Waals surface area contributed by atoms with E-state index in [1.165, 1.54) is 0 Å². The molecule has 7 heteroatoms. The van der Waals surface area contributed by atoms with Gasteiger partial charge in [0.15, 0.2) is 23.0 Å². The van der Waals surface area contributed by atoms with Crippen LogP contribution in [0.5, 0.6) is 23.0 Å². The number of fused-ring (bicyclic) bond motifs is 3. The van der Waals surface area contributed by atoms with Crippen molar-refractivity contribution in [2.45, 2.75) is 18.9 Å². The summed E-state index contributed by atoms with van der Waals surface area (Å²) >= 11 is 0. The van der Waals surface area contributed by atoms with Crippen LogP contribution >= 0.6 is 0 Å². The molecule has 0 bridgehead atoms. The molecule has 4 aromatic rings. The summed E-state index contributed by atoms with van der Waals surface area (Å²) in [5.41, 5.74) is 4.07. The average Bonchev–Trinajstić information content (AvgIpc) is 3.59. The molecule has 3 heterocycles. The number of aromatic amines is 1. The summed E-state index contributed by atoms with van der Waals surface area (Å²) in [5.74, 6) is 2.68. The third-order valence-corrected chi connectivity index (χ3v) is 6.11. The predicted molar refractivity (Wildman–Crippen MR) is 122 cm³/mol. The summed E-state index contributed by atoms with van der Waals surface area (Å²) in [6.07, 6.45) is 2.29. The van der Waals surface area contributed by atoms with Crippen molar-refractivity contribution in [1.29, 1.82) is 0 Å². The summed E-state index contributed by atoms with van der Waals surface area (Å²) < 4.78 is 21.8. The smallest absolute Gasteiger partial charge is 0.231 e. The van der Waals surface area contributed by atoms with Gasteiger partial charge >= 0.3 is 0 Å². The first-order chi connectivity index (χ1) is 16.2. The van der Waals surface area contributed by atoms with Crippen LogP contribution in [0.3, 0.4) is 0 Å². The monoisotopic (exact) mass is 442 g/mol. The maximum Gasteiger partial charge on any atom is 0.231 e. The Morgan fingerprint density at radius 3 is 2.45 bits per heavy atom. The standard InChI is InChI=1S/C26H22N2O5/c29-26(28-12-16-5-7-22-24(9-16)32-14-30-22)11-19(17-6-8-23-25(10-17)33-15-31-23)20-13-27-21-4-2-1-3-18(20)21/h1-10,13,19,27H,11-12,14-15H2,(H,28,29)/t19-/m0/s1. The Hall–Kier alpha value is -4.13.